The van der Waals surface area contributed by atoms with Gasteiger partial charge in [0.05, 0.1) is 11.3 Å². The van der Waals surface area contributed by atoms with E-state index in [9.17, 15) is 5.26 Å². The Labute approximate surface area is 135 Å². The first-order valence-corrected chi connectivity index (χ1v) is 7.30. The first kappa shape index (κ1) is 14.6. The smallest absolute Gasteiger partial charge is 0.101 e. The van der Waals surface area contributed by atoms with Crippen LogP contribution in [0, 0.1) is 11.3 Å². The summed E-state index contributed by atoms with van der Waals surface area (Å²) >= 11 is 0. The summed E-state index contributed by atoms with van der Waals surface area (Å²) in [6.45, 7) is 0. The molecule has 0 spiro atoms. The molecule has 23 heavy (non-hydrogen) atoms. The van der Waals surface area contributed by atoms with Gasteiger partial charge in [-0.05, 0) is 48.0 Å². The standard InChI is InChI=1S/C20H15N3/c21-15-17(20-8-4-5-13-22-20)14-16-9-11-19(12-10-16)23-18-6-2-1-3-7-18/h1-14,23H/b17-14+. The number of para-hydroxylation sites is 1. The van der Waals surface area contributed by atoms with Gasteiger partial charge in [-0.15, -0.1) is 0 Å². The van der Waals surface area contributed by atoms with E-state index in [0.717, 1.165) is 16.9 Å². The minimum Gasteiger partial charge on any atom is -0.356 e. The highest BCUT2D eigenvalue weighted by molar-refractivity contribution is 5.88. The molecule has 0 saturated heterocycles. The summed E-state index contributed by atoms with van der Waals surface area (Å²) in [6, 6.07) is 25.7. The number of nitrogens with one attached hydrogen (secondary N) is 1. The van der Waals surface area contributed by atoms with Crippen LogP contribution in [0.3, 0.4) is 0 Å². The largest absolute Gasteiger partial charge is 0.356 e. The van der Waals surface area contributed by atoms with E-state index in [-0.39, 0.29) is 0 Å². The minimum absolute atomic E-state index is 0.550. The Morgan fingerprint density at radius 2 is 1.57 bits per heavy atom. The molecule has 3 heteroatoms. The number of hydrogen-bond acceptors (Lipinski definition) is 3. The molecule has 2 aromatic carbocycles. The van der Waals surface area contributed by atoms with Gasteiger partial charge in [0.2, 0.25) is 0 Å². The molecule has 0 unspecified atom stereocenters. The second-order valence-electron chi connectivity index (χ2n) is 5.00. The maximum absolute atomic E-state index is 9.32. The predicted octanol–water partition coefficient (Wildman–Crippen LogP) is 4.89. The molecule has 1 aromatic heterocycles. The van der Waals surface area contributed by atoms with Crippen molar-refractivity contribution in [1.29, 1.82) is 5.26 Å². The van der Waals surface area contributed by atoms with Gasteiger partial charge in [0.15, 0.2) is 0 Å². The van der Waals surface area contributed by atoms with Crippen molar-refractivity contribution in [3.63, 3.8) is 0 Å². The van der Waals surface area contributed by atoms with Crippen molar-refractivity contribution in [1.82, 2.24) is 4.98 Å². The summed E-state index contributed by atoms with van der Waals surface area (Å²) < 4.78 is 0. The van der Waals surface area contributed by atoms with Crippen LogP contribution < -0.4 is 5.32 Å². The lowest BCUT2D eigenvalue weighted by Crippen LogP contribution is -1.89. The maximum atomic E-state index is 9.32. The molecular weight excluding hydrogens is 282 g/mol. The van der Waals surface area contributed by atoms with Gasteiger partial charge >= 0.3 is 0 Å². The number of hydrogen-bond donors (Lipinski definition) is 1. The molecule has 0 fully saturated rings. The van der Waals surface area contributed by atoms with Crippen LogP contribution in [0.5, 0.6) is 0 Å². The van der Waals surface area contributed by atoms with Crippen molar-refractivity contribution in [2.24, 2.45) is 0 Å². The monoisotopic (exact) mass is 297 g/mol. The van der Waals surface area contributed by atoms with Crippen LogP contribution in [0.4, 0.5) is 11.4 Å². The molecule has 0 aliphatic rings. The molecule has 0 saturated carbocycles. The molecule has 0 radical (unpaired) electrons. The summed E-state index contributed by atoms with van der Waals surface area (Å²) in [5.74, 6) is 0. The zero-order valence-electron chi connectivity index (χ0n) is 12.5. The Balaban J connectivity index is 1.79. The van der Waals surface area contributed by atoms with Gasteiger partial charge in [0.25, 0.3) is 0 Å². The van der Waals surface area contributed by atoms with Crippen LogP contribution in [-0.2, 0) is 0 Å². The Morgan fingerprint density at radius 3 is 2.22 bits per heavy atom. The first-order valence-electron chi connectivity index (χ1n) is 7.30. The topological polar surface area (TPSA) is 48.7 Å². The van der Waals surface area contributed by atoms with Crippen LogP contribution >= 0.6 is 0 Å². The first-order chi connectivity index (χ1) is 11.3. The second-order valence-corrected chi connectivity index (χ2v) is 5.00. The molecule has 0 aliphatic heterocycles. The van der Waals surface area contributed by atoms with Crippen molar-refractivity contribution >= 4 is 23.0 Å². The van der Waals surface area contributed by atoms with Crippen LogP contribution in [0.25, 0.3) is 11.6 Å². The molecule has 3 nitrogen and oxygen atoms in total. The average Bonchev–Trinajstić information content (AvgIpc) is 2.63. The van der Waals surface area contributed by atoms with Gasteiger partial charge in [0.1, 0.15) is 6.07 Å². The normalized spacial score (nSPS) is 10.8. The fourth-order valence-corrected chi connectivity index (χ4v) is 2.20. The fourth-order valence-electron chi connectivity index (χ4n) is 2.20. The quantitative estimate of drug-likeness (QED) is 0.697. The maximum Gasteiger partial charge on any atom is 0.101 e. The van der Waals surface area contributed by atoms with Crippen molar-refractivity contribution in [3.8, 4) is 6.07 Å². The van der Waals surface area contributed by atoms with Gasteiger partial charge in [-0.25, -0.2) is 0 Å². The highest BCUT2D eigenvalue weighted by Gasteiger charge is 2.01. The van der Waals surface area contributed by atoms with E-state index < -0.39 is 0 Å². The minimum atomic E-state index is 0.550. The molecule has 0 amide bonds. The molecule has 1 N–H and O–H groups in total. The van der Waals surface area contributed by atoms with Crippen molar-refractivity contribution in [2.75, 3.05) is 5.32 Å². The summed E-state index contributed by atoms with van der Waals surface area (Å²) in [4.78, 5) is 4.22. The van der Waals surface area contributed by atoms with Crippen LogP contribution in [0.1, 0.15) is 11.3 Å². The highest BCUT2D eigenvalue weighted by Crippen LogP contribution is 2.19. The Kier molecular flexibility index (Phi) is 4.47. The zero-order valence-corrected chi connectivity index (χ0v) is 12.5. The van der Waals surface area contributed by atoms with Gasteiger partial charge in [-0.3, -0.25) is 4.98 Å². The van der Waals surface area contributed by atoms with Crippen LogP contribution in [0.2, 0.25) is 0 Å². The van der Waals surface area contributed by atoms with E-state index in [4.69, 9.17) is 0 Å². The van der Waals surface area contributed by atoms with Gasteiger partial charge < -0.3 is 5.32 Å². The van der Waals surface area contributed by atoms with Crippen molar-refractivity contribution < 1.29 is 0 Å². The third kappa shape index (κ3) is 3.84. The molecule has 1 heterocycles. The van der Waals surface area contributed by atoms with E-state index in [0.29, 0.717) is 11.3 Å². The van der Waals surface area contributed by atoms with Crippen LogP contribution in [-0.4, -0.2) is 4.98 Å². The molecule has 3 rings (SSSR count). The molecule has 0 atom stereocenters. The lowest BCUT2D eigenvalue weighted by atomic mass is 10.1. The summed E-state index contributed by atoms with van der Waals surface area (Å²) in [5.41, 5.74) is 4.24. The molecule has 110 valence electrons. The molecule has 0 aliphatic carbocycles. The van der Waals surface area contributed by atoms with Crippen molar-refractivity contribution in [2.45, 2.75) is 0 Å². The zero-order chi connectivity index (χ0) is 15.9. The number of nitriles is 1. The SMILES string of the molecule is N#C/C(=C\c1ccc(Nc2ccccc2)cc1)c1ccccn1. The average molecular weight is 297 g/mol. The van der Waals surface area contributed by atoms with E-state index in [1.54, 1.807) is 6.20 Å². The fraction of sp³-hybridized carbons (Fsp3) is 0. The van der Waals surface area contributed by atoms with E-state index >= 15 is 0 Å². The summed E-state index contributed by atoms with van der Waals surface area (Å²) in [6.07, 6.45) is 3.53. The second kappa shape index (κ2) is 7.06. The van der Waals surface area contributed by atoms with Crippen LogP contribution in [0.15, 0.2) is 79.0 Å². The molecular formula is C20H15N3. The van der Waals surface area contributed by atoms with E-state index in [1.165, 1.54) is 0 Å². The Bertz CT molecular complexity index is 830. The number of benzene rings is 2. The number of nitrogens with zero attached hydrogens (tertiary/aromatic N) is 2. The molecule has 0 bridgehead atoms. The lowest BCUT2D eigenvalue weighted by Gasteiger charge is -2.06. The third-order valence-corrected chi connectivity index (χ3v) is 3.35. The predicted molar refractivity (Wildman–Crippen MR) is 93.9 cm³/mol. The van der Waals surface area contributed by atoms with E-state index in [2.05, 4.69) is 16.4 Å². The van der Waals surface area contributed by atoms with Crippen molar-refractivity contribution in [3.05, 3.63) is 90.3 Å². The molecule has 3 aromatic rings. The third-order valence-electron chi connectivity index (χ3n) is 3.35. The summed E-state index contributed by atoms with van der Waals surface area (Å²) in [5, 5.41) is 12.7. The number of pyridine rings is 1. The lowest BCUT2D eigenvalue weighted by molar-refractivity contribution is 1.28. The highest BCUT2D eigenvalue weighted by atomic mass is 14.9. The number of anilines is 2. The summed E-state index contributed by atoms with van der Waals surface area (Å²) in [7, 11) is 0. The number of allylic oxidation sites excluding steroid dienone is 1. The number of aromatic nitrogens is 1. The van der Waals surface area contributed by atoms with Gasteiger partial charge in [0, 0.05) is 17.6 Å². The number of rotatable bonds is 4. The Morgan fingerprint density at radius 1 is 0.870 bits per heavy atom. The van der Waals surface area contributed by atoms with Gasteiger partial charge in [-0.2, -0.15) is 5.26 Å². The van der Waals surface area contributed by atoms with Gasteiger partial charge in [-0.1, -0.05) is 36.4 Å². The Hall–Kier alpha value is -3.38. The van der Waals surface area contributed by atoms with E-state index in [1.807, 2.05) is 78.9 Å².